The van der Waals surface area contributed by atoms with Crippen molar-refractivity contribution >= 4 is 11.7 Å². The molecule has 0 spiro atoms. The average molecular weight is 289 g/mol. The standard InChI is InChI=1S/C17H27N3O/c1-3-10-18-16-12-14(9-11-19-16)17(21)20-15-8-6-4-5-7-13(15)2/h9,11-13,15H,3-8,10H2,1-2H3,(H,18,19)(H,20,21). The highest BCUT2D eigenvalue weighted by atomic mass is 16.1. The predicted molar refractivity (Wildman–Crippen MR) is 86.5 cm³/mol. The minimum Gasteiger partial charge on any atom is -0.370 e. The van der Waals surface area contributed by atoms with Crippen LogP contribution in [0.1, 0.15) is 62.7 Å². The van der Waals surface area contributed by atoms with E-state index in [2.05, 4.69) is 29.5 Å². The van der Waals surface area contributed by atoms with E-state index in [1.165, 1.54) is 25.7 Å². The largest absolute Gasteiger partial charge is 0.370 e. The molecule has 1 aliphatic carbocycles. The summed E-state index contributed by atoms with van der Waals surface area (Å²) in [7, 11) is 0. The molecule has 2 unspecified atom stereocenters. The van der Waals surface area contributed by atoms with Crippen LogP contribution in [0.5, 0.6) is 0 Å². The van der Waals surface area contributed by atoms with Gasteiger partial charge in [0.1, 0.15) is 5.82 Å². The second kappa shape index (κ2) is 8.01. The summed E-state index contributed by atoms with van der Waals surface area (Å²) in [6.45, 7) is 5.23. The molecule has 0 aromatic carbocycles. The number of hydrogen-bond donors (Lipinski definition) is 2. The molecule has 1 fully saturated rings. The van der Waals surface area contributed by atoms with Crippen LogP contribution in [0.3, 0.4) is 0 Å². The molecule has 21 heavy (non-hydrogen) atoms. The maximum absolute atomic E-state index is 12.4. The number of hydrogen-bond acceptors (Lipinski definition) is 3. The fraction of sp³-hybridized carbons (Fsp3) is 0.647. The van der Waals surface area contributed by atoms with Gasteiger partial charge in [0.2, 0.25) is 0 Å². The number of carbonyl (C=O) groups is 1. The van der Waals surface area contributed by atoms with E-state index in [-0.39, 0.29) is 5.91 Å². The Bertz CT molecular complexity index is 461. The molecule has 0 saturated heterocycles. The van der Waals surface area contributed by atoms with Crippen LogP contribution < -0.4 is 10.6 Å². The van der Waals surface area contributed by atoms with E-state index in [9.17, 15) is 4.79 Å². The minimum atomic E-state index is 0.0238. The fourth-order valence-corrected chi connectivity index (χ4v) is 2.88. The van der Waals surface area contributed by atoms with Gasteiger partial charge in [-0.2, -0.15) is 0 Å². The SMILES string of the molecule is CCCNc1cc(C(=O)NC2CCCCCC2C)ccn1. The Hall–Kier alpha value is -1.58. The molecule has 1 aromatic heterocycles. The Labute approximate surface area is 127 Å². The zero-order chi connectivity index (χ0) is 15.1. The van der Waals surface area contributed by atoms with Gasteiger partial charge in [0, 0.05) is 24.3 Å². The quantitative estimate of drug-likeness (QED) is 0.814. The summed E-state index contributed by atoms with van der Waals surface area (Å²) in [6, 6.07) is 3.93. The van der Waals surface area contributed by atoms with Crippen LogP contribution in [0, 0.1) is 5.92 Å². The number of aromatic nitrogens is 1. The summed E-state index contributed by atoms with van der Waals surface area (Å²) in [5.41, 5.74) is 0.694. The topological polar surface area (TPSA) is 54.0 Å². The zero-order valence-corrected chi connectivity index (χ0v) is 13.2. The number of carbonyl (C=O) groups excluding carboxylic acids is 1. The van der Waals surface area contributed by atoms with Crippen molar-refractivity contribution in [1.29, 1.82) is 0 Å². The van der Waals surface area contributed by atoms with Gasteiger partial charge >= 0.3 is 0 Å². The first-order chi connectivity index (χ1) is 10.2. The van der Waals surface area contributed by atoms with Crippen LogP contribution in [0.2, 0.25) is 0 Å². The molecule has 1 heterocycles. The van der Waals surface area contributed by atoms with Gasteiger partial charge in [-0.1, -0.05) is 33.1 Å². The summed E-state index contributed by atoms with van der Waals surface area (Å²) < 4.78 is 0. The first-order valence-corrected chi connectivity index (χ1v) is 8.21. The van der Waals surface area contributed by atoms with Crippen molar-refractivity contribution in [2.24, 2.45) is 5.92 Å². The number of nitrogens with one attached hydrogen (secondary N) is 2. The van der Waals surface area contributed by atoms with E-state index in [1.807, 2.05) is 6.07 Å². The van der Waals surface area contributed by atoms with Gasteiger partial charge in [-0.25, -0.2) is 4.98 Å². The van der Waals surface area contributed by atoms with Gasteiger partial charge < -0.3 is 10.6 Å². The van der Waals surface area contributed by atoms with Crippen LogP contribution in [0.15, 0.2) is 18.3 Å². The van der Waals surface area contributed by atoms with Crippen molar-refractivity contribution < 1.29 is 4.79 Å². The van der Waals surface area contributed by atoms with Crippen LogP contribution in [-0.4, -0.2) is 23.5 Å². The average Bonchev–Trinajstić information content (AvgIpc) is 2.70. The van der Waals surface area contributed by atoms with E-state index in [1.54, 1.807) is 12.3 Å². The summed E-state index contributed by atoms with van der Waals surface area (Å²) in [6.07, 6.45) is 8.84. The Kier molecular flexibility index (Phi) is 6.03. The molecule has 116 valence electrons. The summed E-state index contributed by atoms with van der Waals surface area (Å²) in [5.74, 6) is 1.37. The first kappa shape index (κ1) is 15.8. The van der Waals surface area contributed by atoms with Crippen molar-refractivity contribution in [1.82, 2.24) is 10.3 Å². The lowest BCUT2D eigenvalue weighted by Gasteiger charge is -2.22. The van der Waals surface area contributed by atoms with Crippen LogP contribution in [0.4, 0.5) is 5.82 Å². The van der Waals surface area contributed by atoms with Crippen molar-refractivity contribution in [2.75, 3.05) is 11.9 Å². The van der Waals surface area contributed by atoms with E-state index >= 15 is 0 Å². The third-order valence-electron chi connectivity index (χ3n) is 4.26. The lowest BCUT2D eigenvalue weighted by molar-refractivity contribution is 0.0921. The Morgan fingerprint density at radius 3 is 2.95 bits per heavy atom. The van der Waals surface area contributed by atoms with E-state index in [4.69, 9.17) is 0 Å². The molecule has 1 aromatic rings. The number of amides is 1. The molecule has 2 rings (SSSR count). The molecular formula is C17H27N3O. The first-order valence-electron chi connectivity index (χ1n) is 8.21. The number of nitrogens with zero attached hydrogens (tertiary/aromatic N) is 1. The van der Waals surface area contributed by atoms with Gasteiger partial charge in [0.05, 0.1) is 0 Å². The highest BCUT2D eigenvalue weighted by Gasteiger charge is 2.22. The molecule has 2 N–H and O–H groups in total. The highest BCUT2D eigenvalue weighted by molar-refractivity contribution is 5.95. The van der Waals surface area contributed by atoms with Gasteiger partial charge in [0.25, 0.3) is 5.91 Å². The Morgan fingerprint density at radius 2 is 2.14 bits per heavy atom. The molecule has 2 atom stereocenters. The van der Waals surface area contributed by atoms with Gasteiger partial charge in [-0.15, -0.1) is 0 Å². The maximum atomic E-state index is 12.4. The lowest BCUT2D eigenvalue weighted by atomic mass is 9.96. The third kappa shape index (κ3) is 4.73. The molecule has 1 aliphatic rings. The highest BCUT2D eigenvalue weighted by Crippen LogP contribution is 2.23. The van der Waals surface area contributed by atoms with Crippen molar-refractivity contribution in [2.45, 2.75) is 58.4 Å². The normalized spacial score (nSPS) is 22.4. The monoisotopic (exact) mass is 289 g/mol. The van der Waals surface area contributed by atoms with Gasteiger partial charge in [-0.05, 0) is 37.3 Å². The van der Waals surface area contributed by atoms with Crippen molar-refractivity contribution in [3.63, 3.8) is 0 Å². The predicted octanol–water partition coefficient (Wildman–Crippen LogP) is 3.60. The molecule has 0 bridgehead atoms. The summed E-state index contributed by atoms with van der Waals surface area (Å²) in [4.78, 5) is 16.7. The molecule has 1 amide bonds. The molecular weight excluding hydrogens is 262 g/mol. The smallest absolute Gasteiger partial charge is 0.251 e. The lowest BCUT2D eigenvalue weighted by Crippen LogP contribution is -2.38. The summed E-state index contributed by atoms with van der Waals surface area (Å²) >= 11 is 0. The van der Waals surface area contributed by atoms with E-state index in [0.29, 0.717) is 17.5 Å². The minimum absolute atomic E-state index is 0.0238. The summed E-state index contributed by atoms with van der Waals surface area (Å²) in [5, 5.41) is 6.43. The maximum Gasteiger partial charge on any atom is 0.251 e. The van der Waals surface area contributed by atoms with E-state index in [0.717, 1.165) is 25.2 Å². The molecule has 1 saturated carbocycles. The van der Waals surface area contributed by atoms with Crippen LogP contribution in [-0.2, 0) is 0 Å². The third-order valence-corrected chi connectivity index (χ3v) is 4.26. The zero-order valence-electron chi connectivity index (χ0n) is 13.2. The van der Waals surface area contributed by atoms with Crippen LogP contribution >= 0.6 is 0 Å². The van der Waals surface area contributed by atoms with Gasteiger partial charge in [0.15, 0.2) is 0 Å². The van der Waals surface area contributed by atoms with Gasteiger partial charge in [-0.3, -0.25) is 4.79 Å². The number of pyridine rings is 1. The van der Waals surface area contributed by atoms with Crippen molar-refractivity contribution in [3.8, 4) is 0 Å². The van der Waals surface area contributed by atoms with Crippen LogP contribution in [0.25, 0.3) is 0 Å². The van der Waals surface area contributed by atoms with E-state index < -0.39 is 0 Å². The molecule has 0 radical (unpaired) electrons. The Morgan fingerprint density at radius 1 is 1.33 bits per heavy atom. The number of rotatable bonds is 5. The Balaban J connectivity index is 1.98. The number of anilines is 1. The fourth-order valence-electron chi connectivity index (χ4n) is 2.88. The molecule has 0 aliphatic heterocycles. The second-order valence-electron chi connectivity index (χ2n) is 6.05. The second-order valence-corrected chi connectivity index (χ2v) is 6.05. The van der Waals surface area contributed by atoms with Crippen molar-refractivity contribution in [3.05, 3.63) is 23.9 Å². The molecule has 4 heteroatoms. The molecule has 4 nitrogen and oxygen atoms in total.